The lowest BCUT2D eigenvalue weighted by Gasteiger charge is -2.34. The van der Waals surface area contributed by atoms with Crippen LogP contribution in [0.15, 0.2) is 0 Å². The molecule has 0 aliphatic carbocycles. The Hall–Kier alpha value is -0.290. The van der Waals surface area contributed by atoms with Crippen molar-refractivity contribution in [3.8, 4) is 0 Å². The molecule has 5 heteroatoms. The molecule has 1 atom stereocenters. The number of alkyl halides is 3. The Kier molecular flexibility index (Phi) is 7.87. The summed E-state index contributed by atoms with van der Waals surface area (Å²) >= 11 is 0. The van der Waals surface area contributed by atoms with Crippen LogP contribution >= 0.6 is 0 Å². The van der Waals surface area contributed by atoms with Crippen molar-refractivity contribution in [2.45, 2.75) is 46.7 Å². The van der Waals surface area contributed by atoms with Gasteiger partial charge in [-0.2, -0.15) is 13.2 Å². The van der Waals surface area contributed by atoms with E-state index in [1.165, 1.54) is 0 Å². The number of nitrogens with one attached hydrogen (secondary N) is 1. The first kappa shape index (κ1) is 17.7. The molecule has 2 nitrogen and oxygen atoms in total. The number of rotatable bonds is 9. The first-order valence-electron chi connectivity index (χ1n) is 6.56. The van der Waals surface area contributed by atoms with Crippen molar-refractivity contribution >= 4 is 0 Å². The van der Waals surface area contributed by atoms with Crippen molar-refractivity contribution in [3.63, 3.8) is 0 Å². The van der Waals surface area contributed by atoms with Crippen LogP contribution in [0.2, 0.25) is 0 Å². The van der Waals surface area contributed by atoms with Crippen molar-refractivity contribution in [1.29, 1.82) is 0 Å². The summed E-state index contributed by atoms with van der Waals surface area (Å²) in [5.74, 6) is 0.399. The molecule has 0 aliphatic rings. The minimum Gasteiger partial charge on any atom is -0.372 e. The monoisotopic (exact) mass is 269 g/mol. The summed E-state index contributed by atoms with van der Waals surface area (Å²) in [6, 6.07) is 0. The van der Waals surface area contributed by atoms with E-state index >= 15 is 0 Å². The van der Waals surface area contributed by atoms with Gasteiger partial charge in [0.05, 0.1) is 0 Å². The van der Waals surface area contributed by atoms with Gasteiger partial charge < -0.3 is 10.1 Å². The quantitative estimate of drug-likeness (QED) is 0.646. The molecular formula is C13H26F3NO. The zero-order chi connectivity index (χ0) is 14.2. The lowest BCUT2D eigenvalue weighted by Crippen LogP contribution is -2.37. The largest absolute Gasteiger partial charge is 0.411 e. The van der Waals surface area contributed by atoms with Gasteiger partial charge in [-0.05, 0) is 30.7 Å². The second-order valence-electron chi connectivity index (χ2n) is 5.40. The number of hydrogen-bond acceptors (Lipinski definition) is 2. The first-order chi connectivity index (χ1) is 8.21. The molecule has 18 heavy (non-hydrogen) atoms. The lowest BCUT2D eigenvalue weighted by atomic mass is 9.76. The van der Waals surface area contributed by atoms with E-state index in [9.17, 15) is 13.2 Å². The summed E-state index contributed by atoms with van der Waals surface area (Å²) in [5, 5.41) is 3.34. The molecule has 0 aromatic heterocycles. The fourth-order valence-corrected chi connectivity index (χ4v) is 1.63. The normalized spacial score (nSPS) is 16.0. The van der Waals surface area contributed by atoms with Gasteiger partial charge in [0.25, 0.3) is 0 Å². The first-order valence-corrected chi connectivity index (χ1v) is 6.56. The van der Waals surface area contributed by atoms with Crippen molar-refractivity contribution in [2.24, 2.45) is 11.3 Å². The Morgan fingerprint density at radius 3 is 2.28 bits per heavy atom. The minimum atomic E-state index is -4.23. The summed E-state index contributed by atoms with van der Waals surface area (Å²) in [4.78, 5) is 0. The van der Waals surface area contributed by atoms with Crippen LogP contribution < -0.4 is 5.32 Å². The fraction of sp³-hybridized carbons (Fsp3) is 1.00. The molecule has 1 N–H and O–H groups in total. The van der Waals surface area contributed by atoms with Gasteiger partial charge in [0.1, 0.15) is 6.61 Å². The molecule has 0 saturated carbocycles. The Morgan fingerprint density at radius 2 is 1.83 bits per heavy atom. The molecule has 0 spiro atoms. The molecule has 0 bridgehead atoms. The van der Waals surface area contributed by atoms with Crippen LogP contribution in [0.1, 0.15) is 40.5 Å². The highest BCUT2D eigenvalue weighted by molar-refractivity contribution is 4.80. The Bertz CT molecular complexity index is 219. The highest BCUT2D eigenvalue weighted by Crippen LogP contribution is 2.30. The molecule has 0 heterocycles. The summed E-state index contributed by atoms with van der Waals surface area (Å²) in [6.45, 7) is 9.13. The molecular weight excluding hydrogens is 243 g/mol. The van der Waals surface area contributed by atoms with Gasteiger partial charge in [0.15, 0.2) is 0 Å². The van der Waals surface area contributed by atoms with Crippen molar-refractivity contribution < 1.29 is 17.9 Å². The van der Waals surface area contributed by atoms with E-state index < -0.39 is 12.8 Å². The molecule has 0 aromatic carbocycles. The van der Waals surface area contributed by atoms with Gasteiger partial charge in [-0.1, -0.05) is 27.7 Å². The van der Waals surface area contributed by atoms with Gasteiger partial charge in [-0.3, -0.25) is 0 Å². The van der Waals surface area contributed by atoms with E-state index in [0.29, 0.717) is 12.3 Å². The SMILES string of the molecule is CCCNCC(C)(CCOCC(F)(F)F)C(C)C. The molecule has 0 aromatic rings. The molecule has 0 saturated heterocycles. The second-order valence-corrected chi connectivity index (χ2v) is 5.40. The standard InChI is InChI=1S/C13H26F3NO/c1-5-7-17-9-12(4,11(2)3)6-8-18-10-13(14,15)16/h11,17H,5-10H2,1-4H3. The van der Waals surface area contributed by atoms with E-state index in [4.69, 9.17) is 4.74 Å². The summed E-state index contributed by atoms with van der Waals surface area (Å²) in [5.41, 5.74) is -0.0270. The van der Waals surface area contributed by atoms with Crippen LogP contribution in [0, 0.1) is 11.3 Å². The van der Waals surface area contributed by atoms with Crippen molar-refractivity contribution in [1.82, 2.24) is 5.32 Å². The topological polar surface area (TPSA) is 21.3 Å². The summed E-state index contributed by atoms with van der Waals surface area (Å²) < 4.78 is 40.5. The van der Waals surface area contributed by atoms with Gasteiger partial charge in [0, 0.05) is 13.2 Å². The maximum absolute atomic E-state index is 11.9. The average Bonchev–Trinajstić information content (AvgIpc) is 2.23. The molecule has 0 radical (unpaired) electrons. The van der Waals surface area contributed by atoms with Crippen LogP contribution in [0.3, 0.4) is 0 Å². The van der Waals surface area contributed by atoms with Crippen LogP contribution in [0.25, 0.3) is 0 Å². The average molecular weight is 269 g/mol. The molecule has 0 fully saturated rings. The smallest absolute Gasteiger partial charge is 0.372 e. The van der Waals surface area contributed by atoms with Gasteiger partial charge in [0.2, 0.25) is 0 Å². The van der Waals surface area contributed by atoms with Gasteiger partial charge in [-0.25, -0.2) is 0 Å². The predicted molar refractivity (Wildman–Crippen MR) is 67.6 cm³/mol. The van der Waals surface area contributed by atoms with E-state index in [1.807, 2.05) is 0 Å². The summed E-state index contributed by atoms with van der Waals surface area (Å²) in [6.07, 6.45) is -2.54. The lowest BCUT2D eigenvalue weighted by molar-refractivity contribution is -0.175. The van der Waals surface area contributed by atoms with Gasteiger partial charge >= 0.3 is 6.18 Å². The van der Waals surface area contributed by atoms with Crippen LogP contribution in [0.4, 0.5) is 13.2 Å². The van der Waals surface area contributed by atoms with Crippen molar-refractivity contribution in [2.75, 3.05) is 26.3 Å². The van der Waals surface area contributed by atoms with E-state index in [-0.39, 0.29) is 12.0 Å². The molecule has 1 unspecified atom stereocenters. The Morgan fingerprint density at radius 1 is 1.22 bits per heavy atom. The van der Waals surface area contributed by atoms with Gasteiger partial charge in [-0.15, -0.1) is 0 Å². The fourth-order valence-electron chi connectivity index (χ4n) is 1.63. The third kappa shape index (κ3) is 7.93. The number of ether oxygens (including phenoxy) is 1. The number of halogens is 3. The van der Waals surface area contributed by atoms with E-state index in [2.05, 4.69) is 33.0 Å². The highest BCUT2D eigenvalue weighted by Gasteiger charge is 2.30. The Balaban J connectivity index is 4.03. The maximum Gasteiger partial charge on any atom is 0.411 e. The maximum atomic E-state index is 11.9. The zero-order valence-electron chi connectivity index (χ0n) is 11.9. The molecule has 0 aliphatic heterocycles. The molecule has 0 amide bonds. The van der Waals surface area contributed by atoms with Crippen LogP contribution in [-0.2, 0) is 4.74 Å². The third-order valence-electron chi connectivity index (χ3n) is 3.43. The van der Waals surface area contributed by atoms with Crippen molar-refractivity contribution in [3.05, 3.63) is 0 Å². The molecule has 0 rings (SSSR count). The Labute approximate surface area is 108 Å². The van der Waals surface area contributed by atoms with E-state index in [0.717, 1.165) is 19.5 Å². The van der Waals surface area contributed by atoms with Crippen LogP contribution in [-0.4, -0.2) is 32.5 Å². The zero-order valence-corrected chi connectivity index (χ0v) is 11.9. The minimum absolute atomic E-state index is 0.0270. The predicted octanol–water partition coefficient (Wildman–Crippen LogP) is 3.62. The highest BCUT2D eigenvalue weighted by atomic mass is 19.4. The second kappa shape index (κ2) is 8.00. The third-order valence-corrected chi connectivity index (χ3v) is 3.43. The molecule has 110 valence electrons. The van der Waals surface area contributed by atoms with Crippen LogP contribution in [0.5, 0.6) is 0 Å². The summed E-state index contributed by atoms with van der Waals surface area (Å²) in [7, 11) is 0. The van der Waals surface area contributed by atoms with E-state index in [1.54, 1.807) is 0 Å². The number of hydrogen-bond donors (Lipinski definition) is 1.